The average molecular weight is 424 g/mol. The van der Waals surface area contributed by atoms with Gasteiger partial charge in [0.25, 0.3) is 0 Å². The summed E-state index contributed by atoms with van der Waals surface area (Å²) >= 11 is 0. The molecule has 0 unspecified atom stereocenters. The zero-order valence-corrected chi connectivity index (χ0v) is 16.8. The largest absolute Gasteiger partial charge is 0.458 e. The van der Waals surface area contributed by atoms with Crippen LogP contribution in [0.25, 0.3) is 0 Å². The minimum atomic E-state index is -3.77. The van der Waals surface area contributed by atoms with E-state index in [1.54, 1.807) is 78.9 Å². The second-order valence-corrected chi connectivity index (χ2v) is 8.49. The Morgan fingerprint density at radius 2 is 1.17 bits per heavy atom. The molecule has 0 aliphatic heterocycles. The molecule has 3 aromatic rings. The number of hydrogen-bond acceptors (Lipinski definition) is 6. The molecule has 7 heteroatoms. The van der Waals surface area contributed by atoms with Gasteiger partial charge in [0.05, 0.1) is 21.8 Å². The third-order valence-electron chi connectivity index (χ3n) is 4.20. The van der Waals surface area contributed by atoms with Crippen LogP contribution in [0.15, 0.2) is 95.9 Å². The maximum Gasteiger partial charge on any atom is 0.338 e. The van der Waals surface area contributed by atoms with E-state index in [1.807, 2.05) is 0 Å². The Labute approximate surface area is 175 Å². The minimum absolute atomic E-state index is 0.0974. The second kappa shape index (κ2) is 9.84. The first-order valence-electron chi connectivity index (χ1n) is 9.22. The van der Waals surface area contributed by atoms with Gasteiger partial charge < -0.3 is 9.47 Å². The predicted octanol–water partition coefficient (Wildman–Crippen LogP) is 3.54. The van der Waals surface area contributed by atoms with Crippen molar-refractivity contribution in [2.75, 3.05) is 12.4 Å². The van der Waals surface area contributed by atoms with E-state index < -0.39 is 40.2 Å². The molecule has 0 saturated carbocycles. The third kappa shape index (κ3) is 5.78. The number of benzene rings is 3. The monoisotopic (exact) mass is 424 g/mol. The van der Waals surface area contributed by atoms with Crippen LogP contribution in [0, 0.1) is 0 Å². The number of esters is 2. The van der Waals surface area contributed by atoms with Gasteiger partial charge in [-0.1, -0.05) is 54.6 Å². The lowest BCUT2D eigenvalue weighted by atomic mass is 10.2. The van der Waals surface area contributed by atoms with Crippen molar-refractivity contribution in [1.82, 2.24) is 0 Å². The van der Waals surface area contributed by atoms with E-state index in [1.165, 1.54) is 12.1 Å². The Morgan fingerprint density at radius 3 is 1.70 bits per heavy atom. The highest BCUT2D eigenvalue weighted by molar-refractivity contribution is 7.91. The zero-order chi connectivity index (χ0) is 21.4. The smallest absolute Gasteiger partial charge is 0.338 e. The summed E-state index contributed by atoms with van der Waals surface area (Å²) in [7, 11) is -3.77. The molecule has 3 aromatic carbocycles. The molecule has 0 heterocycles. The Balaban J connectivity index is 1.75. The molecular formula is C23H20O6S. The van der Waals surface area contributed by atoms with Crippen LogP contribution in [0.5, 0.6) is 0 Å². The summed E-state index contributed by atoms with van der Waals surface area (Å²) in [6, 6.07) is 24.3. The summed E-state index contributed by atoms with van der Waals surface area (Å²) in [6.07, 6.45) is -1.17. The van der Waals surface area contributed by atoms with Crippen LogP contribution in [0.2, 0.25) is 0 Å². The number of carbonyl (C=O) groups is 2. The highest BCUT2D eigenvalue weighted by Gasteiger charge is 2.26. The molecule has 0 amide bonds. The molecule has 0 aromatic heterocycles. The number of hydrogen-bond donors (Lipinski definition) is 0. The molecule has 0 bridgehead atoms. The average Bonchev–Trinajstić information content (AvgIpc) is 2.79. The van der Waals surface area contributed by atoms with Gasteiger partial charge in [-0.3, -0.25) is 0 Å². The highest BCUT2D eigenvalue weighted by atomic mass is 32.2. The molecule has 154 valence electrons. The van der Waals surface area contributed by atoms with Crippen molar-refractivity contribution < 1.29 is 27.5 Å². The summed E-state index contributed by atoms with van der Waals surface area (Å²) in [5, 5.41) is 0. The Bertz CT molecular complexity index is 1080. The molecule has 0 aliphatic rings. The maximum absolute atomic E-state index is 12.7. The normalized spacial score (nSPS) is 12.0. The Hall–Kier alpha value is -3.45. The van der Waals surface area contributed by atoms with Crippen LogP contribution >= 0.6 is 0 Å². The number of sulfone groups is 1. The lowest BCUT2D eigenvalue weighted by molar-refractivity contribution is 0.00530. The van der Waals surface area contributed by atoms with Gasteiger partial charge in [0.2, 0.25) is 0 Å². The molecule has 0 saturated heterocycles. The summed E-state index contributed by atoms with van der Waals surface area (Å²) in [5.41, 5.74) is 0.588. The molecule has 0 spiro atoms. The molecule has 0 radical (unpaired) electrons. The number of carbonyl (C=O) groups excluding carboxylic acids is 2. The van der Waals surface area contributed by atoms with E-state index >= 15 is 0 Å². The molecular weight excluding hydrogens is 404 g/mol. The van der Waals surface area contributed by atoms with E-state index in [2.05, 4.69) is 0 Å². The Morgan fingerprint density at radius 1 is 0.700 bits per heavy atom. The molecule has 3 rings (SSSR count). The van der Waals surface area contributed by atoms with Crippen LogP contribution in [0.1, 0.15) is 20.7 Å². The quantitative estimate of drug-likeness (QED) is 0.514. The van der Waals surface area contributed by atoms with Crippen LogP contribution in [0.3, 0.4) is 0 Å². The fourth-order valence-electron chi connectivity index (χ4n) is 2.70. The van der Waals surface area contributed by atoms with E-state index in [-0.39, 0.29) is 10.5 Å². The van der Waals surface area contributed by atoms with Gasteiger partial charge in [-0.15, -0.1) is 0 Å². The maximum atomic E-state index is 12.7. The lowest BCUT2D eigenvalue weighted by Crippen LogP contribution is -2.32. The van der Waals surface area contributed by atoms with E-state index in [0.717, 1.165) is 0 Å². The summed E-state index contributed by atoms with van der Waals surface area (Å²) < 4.78 is 36.1. The number of ether oxygens (including phenoxy) is 2. The zero-order valence-electron chi connectivity index (χ0n) is 16.0. The van der Waals surface area contributed by atoms with E-state index in [9.17, 15) is 18.0 Å². The summed E-state index contributed by atoms with van der Waals surface area (Å²) in [4.78, 5) is 24.8. The minimum Gasteiger partial charge on any atom is -0.458 e. The fourth-order valence-corrected chi connectivity index (χ4v) is 4.12. The van der Waals surface area contributed by atoms with Crippen LogP contribution in [-0.4, -0.2) is 38.8 Å². The van der Waals surface area contributed by atoms with Gasteiger partial charge in [0, 0.05) is 0 Å². The standard InChI is InChI=1S/C23H20O6S/c24-22(18-10-4-1-5-11-18)28-16-20(29-23(25)19-12-6-2-7-13-19)17-30(26,27)21-14-8-3-9-15-21/h1-15,20H,16-17H2/t20-/m1/s1. The van der Waals surface area contributed by atoms with Gasteiger partial charge in [-0.25, -0.2) is 18.0 Å². The van der Waals surface area contributed by atoms with Gasteiger partial charge >= 0.3 is 11.9 Å². The highest BCUT2D eigenvalue weighted by Crippen LogP contribution is 2.15. The molecule has 0 fully saturated rings. The first-order chi connectivity index (χ1) is 14.5. The molecule has 0 N–H and O–H groups in total. The van der Waals surface area contributed by atoms with Crippen molar-refractivity contribution in [3.63, 3.8) is 0 Å². The SMILES string of the molecule is O=C(OC[C@H](CS(=O)(=O)c1ccccc1)OC(=O)c1ccccc1)c1ccccc1. The van der Waals surface area contributed by atoms with Gasteiger partial charge in [-0.2, -0.15) is 0 Å². The Kier molecular flexibility index (Phi) is 6.98. The van der Waals surface area contributed by atoms with Crippen molar-refractivity contribution in [2.24, 2.45) is 0 Å². The van der Waals surface area contributed by atoms with Gasteiger partial charge in [0.1, 0.15) is 6.61 Å². The van der Waals surface area contributed by atoms with Crippen molar-refractivity contribution in [2.45, 2.75) is 11.0 Å². The first kappa shape index (κ1) is 21.3. The van der Waals surface area contributed by atoms with E-state index in [0.29, 0.717) is 5.56 Å². The second-order valence-electron chi connectivity index (χ2n) is 6.45. The van der Waals surface area contributed by atoms with Crippen molar-refractivity contribution in [3.05, 3.63) is 102 Å². The first-order valence-corrected chi connectivity index (χ1v) is 10.9. The van der Waals surface area contributed by atoms with E-state index in [4.69, 9.17) is 9.47 Å². The molecule has 30 heavy (non-hydrogen) atoms. The number of rotatable bonds is 8. The van der Waals surface area contributed by atoms with Crippen LogP contribution in [0.4, 0.5) is 0 Å². The van der Waals surface area contributed by atoms with Gasteiger partial charge in [0.15, 0.2) is 15.9 Å². The fraction of sp³-hybridized carbons (Fsp3) is 0.130. The summed E-state index contributed by atoms with van der Waals surface area (Å²) in [5.74, 6) is -1.84. The van der Waals surface area contributed by atoms with Gasteiger partial charge in [-0.05, 0) is 36.4 Å². The van der Waals surface area contributed by atoms with Crippen LogP contribution < -0.4 is 0 Å². The molecule has 6 nitrogen and oxygen atoms in total. The molecule has 1 atom stereocenters. The van der Waals surface area contributed by atoms with Crippen molar-refractivity contribution in [3.8, 4) is 0 Å². The van der Waals surface area contributed by atoms with Crippen molar-refractivity contribution in [1.29, 1.82) is 0 Å². The summed E-state index contributed by atoms with van der Waals surface area (Å²) in [6.45, 7) is -0.391. The predicted molar refractivity (Wildman–Crippen MR) is 111 cm³/mol. The molecule has 0 aliphatic carbocycles. The lowest BCUT2D eigenvalue weighted by Gasteiger charge is -2.18. The topological polar surface area (TPSA) is 86.7 Å². The van der Waals surface area contributed by atoms with Crippen LogP contribution in [-0.2, 0) is 19.3 Å². The third-order valence-corrected chi connectivity index (χ3v) is 6.00. The van der Waals surface area contributed by atoms with Crippen molar-refractivity contribution >= 4 is 21.8 Å².